The van der Waals surface area contributed by atoms with Gasteiger partial charge in [0.1, 0.15) is 11.0 Å². The lowest BCUT2D eigenvalue weighted by molar-refractivity contribution is 0.222. The molecule has 1 aliphatic rings. The van der Waals surface area contributed by atoms with E-state index in [-0.39, 0.29) is 0 Å². The molecule has 1 aromatic rings. The first-order valence-electron chi connectivity index (χ1n) is 6.17. The van der Waals surface area contributed by atoms with Crippen molar-refractivity contribution in [2.75, 3.05) is 38.6 Å². The largest absolute Gasteiger partial charge is 0.359 e. The molecule has 1 aliphatic heterocycles. The van der Waals surface area contributed by atoms with Gasteiger partial charge in [-0.25, -0.2) is 4.98 Å². The fraction of sp³-hybridized carbons (Fsp3) is 0.615. The second-order valence-corrected chi connectivity index (χ2v) is 5.33. The van der Waals surface area contributed by atoms with E-state index in [2.05, 4.69) is 28.9 Å². The Morgan fingerprint density at radius 3 is 2.76 bits per heavy atom. The molecule has 0 N–H and O–H groups in total. The maximum atomic E-state index is 5.91. The van der Waals surface area contributed by atoms with E-state index in [1.165, 1.54) is 25.9 Å². The lowest BCUT2D eigenvalue weighted by Gasteiger charge is -2.32. The predicted molar refractivity (Wildman–Crippen MR) is 72.7 cm³/mol. The van der Waals surface area contributed by atoms with Gasteiger partial charge in [-0.1, -0.05) is 17.7 Å². The Morgan fingerprint density at radius 2 is 2.12 bits per heavy atom. The van der Waals surface area contributed by atoms with Gasteiger partial charge in [0.25, 0.3) is 0 Å². The van der Waals surface area contributed by atoms with Crippen molar-refractivity contribution in [1.82, 2.24) is 9.88 Å². The number of likely N-dealkylation sites (tertiary alicyclic amines) is 1. The first-order valence-corrected chi connectivity index (χ1v) is 6.55. The maximum Gasteiger partial charge on any atom is 0.131 e. The van der Waals surface area contributed by atoms with Gasteiger partial charge in [0.05, 0.1) is 0 Å². The highest BCUT2D eigenvalue weighted by molar-refractivity contribution is 6.29. The van der Waals surface area contributed by atoms with E-state index >= 15 is 0 Å². The predicted octanol–water partition coefficient (Wildman–Crippen LogP) is 2.51. The van der Waals surface area contributed by atoms with Crippen molar-refractivity contribution in [3.63, 3.8) is 0 Å². The molecule has 2 rings (SSSR count). The van der Waals surface area contributed by atoms with Crippen molar-refractivity contribution in [3.05, 3.63) is 23.4 Å². The van der Waals surface area contributed by atoms with E-state index in [9.17, 15) is 0 Å². The summed E-state index contributed by atoms with van der Waals surface area (Å²) in [6.07, 6.45) is 2.56. The number of halogens is 1. The third kappa shape index (κ3) is 3.58. The summed E-state index contributed by atoms with van der Waals surface area (Å²) in [5, 5.41) is 0.567. The summed E-state index contributed by atoms with van der Waals surface area (Å²) in [6, 6.07) is 5.78. The molecular formula is C13H20ClN3. The van der Waals surface area contributed by atoms with E-state index in [1.54, 1.807) is 0 Å². The standard InChI is InChI=1S/C13H20ClN3/c1-16-8-6-11(7-9-16)10-17(2)13-5-3-4-12(14)15-13/h3-5,11H,6-10H2,1-2H3. The minimum absolute atomic E-state index is 0.567. The topological polar surface area (TPSA) is 19.4 Å². The van der Waals surface area contributed by atoms with Gasteiger partial charge in [-0.15, -0.1) is 0 Å². The van der Waals surface area contributed by atoms with Gasteiger partial charge in [0, 0.05) is 13.6 Å². The van der Waals surface area contributed by atoms with Crippen LogP contribution in [0.25, 0.3) is 0 Å². The van der Waals surface area contributed by atoms with E-state index in [1.807, 2.05) is 18.2 Å². The second-order valence-electron chi connectivity index (χ2n) is 4.95. The van der Waals surface area contributed by atoms with Crippen LogP contribution < -0.4 is 4.90 Å². The van der Waals surface area contributed by atoms with E-state index in [4.69, 9.17) is 11.6 Å². The molecule has 0 saturated carbocycles. The van der Waals surface area contributed by atoms with Crippen LogP contribution in [0, 0.1) is 5.92 Å². The molecule has 0 bridgehead atoms. The summed E-state index contributed by atoms with van der Waals surface area (Å²) in [6.45, 7) is 3.49. The van der Waals surface area contributed by atoms with Crippen LogP contribution in [0.4, 0.5) is 5.82 Å². The van der Waals surface area contributed by atoms with Gasteiger partial charge in [0.15, 0.2) is 0 Å². The number of piperidine rings is 1. The number of rotatable bonds is 3. The minimum atomic E-state index is 0.567. The zero-order valence-electron chi connectivity index (χ0n) is 10.6. The summed E-state index contributed by atoms with van der Waals surface area (Å²) in [5.41, 5.74) is 0. The van der Waals surface area contributed by atoms with Crippen LogP contribution in [0.3, 0.4) is 0 Å². The molecule has 1 fully saturated rings. The van der Waals surface area contributed by atoms with Crippen LogP contribution in [-0.4, -0.2) is 43.6 Å². The van der Waals surface area contributed by atoms with E-state index in [0.717, 1.165) is 18.3 Å². The normalized spacial score (nSPS) is 18.3. The van der Waals surface area contributed by atoms with Gasteiger partial charge in [-0.05, 0) is 51.0 Å². The molecule has 0 spiro atoms. The Labute approximate surface area is 108 Å². The van der Waals surface area contributed by atoms with Crippen LogP contribution >= 0.6 is 11.6 Å². The zero-order chi connectivity index (χ0) is 12.3. The molecule has 0 radical (unpaired) electrons. The molecule has 0 aliphatic carbocycles. The minimum Gasteiger partial charge on any atom is -0.359 e. The van der Waals surface area contributed by atoms with E-state index in [0.29, 0.717) is 5.15 Å². The van der Waals surface area contributed by atoms with Gasteiger partial charge in [0.2, 0.25) is 0 Å². The molecule has 3 nitrogen and oxygen atoms in total. The molecule has 1 saturated heterocycles. The fourth-order valence-corrected chi connectivity index (χ4v) is 2.49. The lowest BCUT2D eigenvalue weighted by atomic mass is 9.97. The highest BCUT2D eigenvalue weighted by atomic mass is 35.5. The average molecular weight is 254 g/mol. The second kappa shape index (κ2) is 5.69. The molecule has 4 heteroatoms. The molecule has 0 atom stereocenters. The lowest BCUT2D eigenvalue weighted by Crippen LogP contribution is -2.35. The van der Waals surface area contributed by atoms with E-state index < -0.39 is 0 Å². The molecule has 2 heterocycles. The first kappa shape index (κ1) is 12.7. The molecular weight excluding hydrogens is 234 g/mol. The summed E-state index contributed by atoms with van der Waals surface area (Å²) < 4.78 is 0. The van der Waals surface area contributed by atoms with Crippen LogP contribution in [0.5, 0.6) is 0 Å². The Bertz CT molecular complexity index is 361. The molecule has 0 aromatic carbocycles. The quantitative estimate of drug-likeness (QED) is 0.772. The smallest absolute Gasteiger partial charge is 0.131 e. The van der Waals surface area contributed by atoms with Gasteiger partial charge < -0.3 is 9.80 Å². The molecule has 94 valence electrons. The Hall–Kier alpha value is -0.800. The molecule has 17 heavy (non-hydrogen) atoms. The highest BCUT2D eigenvalue weighted by Crippen LogP contribution is 2.20. The summed E-state index contributed by atoms with van der Waals surface area (Å²) >= 11 is 5.91. The fourth-order valence-electron chi connectivity index (χ4n) is 2.34. The van der Waals surface area contributed by atoms with Crippen LogP contribution in [0.2, 0.25) is 5.15 Å². The third-order valence-electron chi connectivity index (χ3n) is 3.46. The molecule has 1 aromatic heterocycles. The molecule has 0 unspecified atom stereocenters. The van der Waals surface area contributed by atoms with Crippen molar-refractivity contribution < 1.29 is 0 Å². The Balaban J connectivity index is 1.90. The average Bonchev–Trinajstić information content (AvgIpc) is 2.32. The summed E-state index contributed by atoms with van der Waals surface area (Å²) in [7, 11) is 4.29. The first-order chi connectivity index (χ1) is 8.15. The number of anilines is 1. The summed E-state index contributed by atoms with van der Waals surface area (Å²) in [4.78, 5) is 8.94. The number of aromatic nitrogens is 1. The number of hydrogen-bond acceptors (Lipinski definition) is 3. The van der Waals surface area contributed by atoms with Crippen molar-refractivity contribution in [2.24, 2.45) is 5.92 Å². The third-order valence-corrected chi connectivity index (χ3v) is 3.67. The van der Waals surface area contributed by atoms with Crippen LogP contribution in [0.1, 0.15) is 12.8 Å². The Kier molecular flexibility index (Phi) is 4.24. The highest BCUT2D eigenvalue weighted by Gasteiger charge is 2.18. The maximum absolute atomic E-state index is 5.91. The number of nitrogens with zero attached hydrogens (tertiary/aromatic N) is 3. The SMILES string of the molecule is CN1CCC(CN(C)c2cccc(Cl)n2)CC1. The van der Waals surface area contributed by atoms with Crippen LogP contribution in [0.15, 0.2) is 18.2 Å². The van der Waals surface area contributed by atoms with Gasteiger partial charge >= 0.3 is 0 Å². The van der Waals surface area contributed by atoms with Gasteiger partial charge in [-0.2, -0.15) is 0 Å². The Morgan fingerprint density at radius 1 is 1.41 bits per heavy atom. The monoisotopic (exact) mass is 253 g/mol. The summed E-state index contributed by atoms with van der Waals surface area (Å²) in [5.74, 6) is 1.74. The zero-order valence-corrected chi connectivity index (χ0v) is 11.3. The van der Waals surface area contributed by atoms with Crippen LogP contribution in [-0.2, 0) is 0 Å². The van der Waals surface area contributed by atoms with Crippen molar-refractivity contribution in [2.45, 2.75) is 12.8 Å². The van der Waals surface area contributed by atoms with Gasteiger partial charge in [-0.3, -0.25) is 0 Å². The molecule has 0 amide bonds. The number of hydrogen-bond donors (Lipinski definition) is 0. The van der Waals surface area contributed by atoms with Crippen molar-refractivity contribution in [1.29, 1.82) is 0 Å². The van der Waals surface area contributed by atoms with Crippen molar-refractivity contribution in [3.8, 4) is 0 Å². The number of pyridine rings is 1. The van der Waals surface area contributed by atoms with Crippen molar-refractivity contribution >= 4 is 17.4 Å².